The maximum Gasteiger partial charge on any atom is 0.266 e. The van der Waals surface area contributed by atoms with Crippen molar-refractivity contribution in [3.05, 3.63) is 12.2 Å². The fourth-order valence-electron chi connectivity index (χ4n) is 1.51. The lowest BCUT2D eigenvalue weighted by Crippen LogP contribution is -1.97. The summed E-state index contributed by atoms with van der Waals surface area (Å²) in [5, 5.41) is 1.01. The topological polar surface area (TPSA) is 0 Å². The molecule has 0 spiro atoms. The number of hydrogen-bond donors (Lipinski definition) is 0. The Kier molecular flexibility index (Phi) is 12.4. The van der Waals surface area contributed by atoms with Crippen LogP contribution >= 0.6 is 31.9 Å². The smallest absolute Gasteiger partial charge is 0.174 e. The van der Waals surface area contributed by atoms with Gasteiger partial charge in [-0.05, 0) is 25.3 Å². The van der Waals surface area contributed by atoms with Crippen LogP contribution in [0.15, 0.2) is 12.2 Å². The Balaban J connectivity index is 3.07. The van der Waals surface area contributed by atoms with Gasteiger partial charge in [0.2, 0.25) is 0 Å². The van der Waals surface area contributed by atoms with Crippen molar-refractivity contribution >= 4 is 31.9 Å². The minimum absolute atomic E-state index is 0.523. The van der Waals surface area contributed by atoms with Crippen molar-refractivity contribution in [3.8, 4) is 0 Å². The average molecular weight is 362 g/mol. The fourth-order valence-corrected chi connectivity index (χ4v) is 2.15. The van der Waals surface area contributed by atoms with Gasteiger partial charge in [0.05, 0.1) is 0 Å². The Morgan fingerprint density at radius 2 is 1.56 bits per heavy atom. The molecule has 0 heterocycles. The molecule has 0 amide bonds. The highest BCUT2D eigenvalue weighted by Crippen LogP contribution is 2.15. The van der Waals surface area contributed by atoms with E-state index < -0.39 is 6.08 Å². The van der Waals surface area contributed by atoms with Crippen LogP contribution in [-0.2, 0) is 0 Å². The molecule has 0 aromatic carbocycles. The molecule has 0 aliphatic rings. The lowest BCUT2D eigenvalue weighted by atomic mass is 10.1. The maximum absolute atomic E-state index is 11.7. The third kappa shape index (κ3) is 12.6. The molecule has 0 aliphatic carbocycles. The lowest BCUT2D eigenvalue weighted by Gasteiger charge is -2.05. The molecule has 0 saturated heterocycles. The molecular weight excluding hydrogens is 342 g/mol. The number of allylic oxidation sites excluding steroid dienone is 1. The summed E-state index contributed by atoms with van der Waals surface area (Å²) in [5.74, 6) is 0. The molecule has 96 valence electrons. The van der Waals surface area contributed by atoms with Gasteiger partial charge in [-0.2, -0.15) is 8.78 Å². The first-order chi connectivity index (χ1) is 7.66. The summed E-state index contributed by atoms with van der Waals surface area (Å²) in [7, 11) is 0. The van der Waals surface area contributed by atoms with Gasteiger partial charge in [0, 0.05) is 10.2 Å². The molecule has 4 heteroatoms. The Bertz CT molecular complexity index is 180. The van der Waals surface area contributed by atoms with E-state index in [2.05, 4.69) is 31.9 Å². The summed E-state index contributed by atoms with van der Waals surface area (Å²) in [6.45, 7) is 0. The predicted molar refractivity (Wildman–Crippen MR) is 73.7 cm³/mol. The van der Waals surface area contributed by atoms with E-state index in [1.54, 1.807) is 0 Å². The predicted octanol–water partition coefficient (Wildman–Crippen LogP) is 6.05. The molecule has 0 N–H and O–H groups in total. The van der Waals surface area contributed by atoms with Gasteiger partial charge in [0.15, 0.2) is 0 Å². The van der Waals surface area contributed by atoms with Gasteiger partial charge in [0.1, 0.15) is 0 Å². The van der Waals surface area contributed by atoms with Gasteiger partial charge in [-0.1, -0.05) is 64.0 Å². The second-order valence-corrected chi connectivity index (χ2v) is 5.89. The molecule has 0 aliphatic heterocycles. The summed E-state index contributed by atoms with van der Waals surface area (Å²) in [6, 6.07) is 0. The Morgan fingerprint density at radius 1 is 1.00 bits per heavy atom. The van der Waals surface area contributed by atoms with Crippen molar-refractivity contribution in [3.63, 3.8) is 0 Å². The fraction of sp³-hybridized carbons (Fsp3) is 0.833. The van der Waals surface area contributed by atoms with Crippen molar-refractivity contribution in [2.75, 3.05) is 5.33 Å². The van der Waals surface area contributed by atoms with Crippen molar-refractivity contribution < 1.29 is 8.78 Å². The lowest BCUT2D eigenvalue weighted by molar-refractivity contribution is 0.416. The quantitative estimate of drug-likeness (QED) is 0.328. The molecule has 0 aromatic rings. The van der Waals surface area contributed by atoms with E-state index in [1.165, 1.54) is 32.1 Å². The van der Waals surface area contributed by atoms with Crippen LogP contribution in [0.5, 0.6) is 0 Å². The highest BCUT2D eigenvalue weighted by atomic mass is 79.9. The van der Waals surface area contributed by atoms with Crippen LogP contribution in [0.2, 0.25) is 0 Å². The van der Waals surface area contributed by atoms with E-state index in [4.69, 9.17) is 0 Å². The van der Waals surface area contributed by atoms with Crippen LogP contribution in [0.3, 0.4) is 0 Å². The largest absolute Gasteiger partial charge is 0.266 e. The minimum atomic E-state index is -1.54. The van der Waals surface area contributed by atoms with E-state index >= 15 is 0 Å². The summed E-state index contributed by atoms with van der Waals surface area (Å²) < 4.78 is 23.3. The Hall–Kier alpha value is 0.560. The number of hydrogen-bond acceptors (Lipinski definition) is 0. The monoisotopic (exact) mass is 360 g/mol. The Morgan fingerprint density at radius 3 is 2.12 bits per heavy atom. The van der Waals surface area contributed by atoms with E-state index in [0.717, 1.165) is 24.2 Å². The zero-order chi connectivity index (χ0) is 12.2. The molecule has 0 fully saturated rings. The van der Waals surface area contributed by atoms with Crippen molar-refractivity contribution in [1.82, 2.24) is 0 Å². The zero-order valence-corrected chi connectivity index (χ0v) is 12.7. The van der Waals surface area contributed by atoms with E-state index in [0.29, 0.717) is 11.2 Å². The first kappa shape index (κ1) is 16.6. The van der Waals surface area contributed by atoms with E-state index in [-0.39, 0.29) is 0 Å². The molecule has 0 bridgehead atoms. The molecule has 0 aromatic heterocycles. The number of alkyl halides is 2. The SMILES string of the molecule is FC(F)=CCCCCCCCCC(Br)CBr. The first-order valence-electron chi connectivity index (χ1n) is 5.88. The van der Waals surface area contributed by atoms with Crippen molar-refractivity contribution in [1.29, 1.82) is 0 Å². The van der Waals surface area contributed by atoms with Crippen molar-refractivity contribution in [2.45, 2.75) is 56.2 Å². The number of halogens is 4. The molecule has 16 heavy (non-hydrogen) atoms. The Labute approximate surface area is 114 Å². The molecule has 0 nitrogen and oxygen atoms in total. The third-order valence-electron chi connectivity index (χ3n) is 2.44. The van der Waals surface area contributed by atoms with Crippen LogP contribution in [0.4, 0.5) is 8.78 Å². The van der Waals surface area contributed by atoms with Crippen LogP contribution in [0, 0.1) is 0 Å². The van der Waals surface area contributed by atoms with Gasteiger partial charge in [0.25, 0.3) is 6.08 Å². The van der Waals surface area contributed by atoms with Gasteiger partial charge in [-0.3, -0.25) is 0 Å². The van der Waals surface area contributed by atoms with Gasteiger partial charge in [-0.25, -0.2) is 0 Å². The first-order valence-corrected chi connectivity index (χ1v) is 7.91. The zero-order valence-electron chi connectivity index (χ0n) is 9.53. The van der Waals surface area contributed by atoms with Crippen molar-refractivity contribution in [2.24, 2.45) is 0 Å². The normalized spacial score (nSPS) is 12.5. The van der Waals surface area contributed by atoms with Gasteiger partial charge in [-0.15, -0.1) is 0 Å². The second-order valence-electron chi connectivity index (χ2n) is 3.94. The third-order valence-corrected chi connectivity index (χ3v) is 4.87. The summed E-state index contributed by atoms with van der Waals surface area (Å²) in [4.78, 5) is 0.588. The summed E-state index contributed by atoms with van der Waals surface area (Å²) in [5.41, 5.74) is 0. The van der Waals surface area contributed by atoms with Crippen LogP contribution in [0.1, 0.15) is 51.4 Å². The van der Waals surface area contributed by atoms with Crippen LogP contribution in [0.25, 0.3) is 0 Å². The van der Waals surface area contributed by atoms with Gasteiger partial charge < -0.3 is 0 Å². The minimum Gasteiger partial charge on any atom is -0.174 e. The maximum atomic E-state index is 11.7. The molecule has 0 rings (SSSR count). The highest BCUT2D eigenvalue weighted by Gasteiger charge is 2.00. The van der Waals surface area contributed by atoms with Crippen LogP contribution < -0.4 is 0 Å². The van der Waals surface area contributed by atoms with E-state index in [1.807, 2.05) is 0 Å². The van der Waals surface area contributed by atoms with Gasteiger partial charge >= 0.3 is 0 Å². The van der Waals surface area contributed by atoms with Crippen LogP contribution in [-0.4, -0.2) is 10.2 Å². The van der Waals surface area contributed by atoms with E-state index in [9.17, 15) is 8.78 Å². The molecule has 0 saturated carbocycles. The summed E-state index contributed by atoms with van der Waals surface area (Å²) >= 11 is 6.99. The second kappa shape index (κ2) is 12.0. The molecule has 0 radical (unpaired) electrons. The highest BCUT2D eigenvalue weighted by molar-refractivity contribution is 9.12. The standard InChI is InChI=1S/C12H20Br2F2/c13-10-11(14)8-6-4-2-1-3-5-7-9-12(15)16/h9,11H,1-8,10H2. The summed E-state index contributed by atoms with van der Waals surface area (Å²) in [6.07, 6.45) is 8.07. The average Bonchev–Trinajstić information content (AvgIpc) is 2.26. The molecular formula is C12H20Br2F2. The number of rotatable bonds is 10. The molecule has 1 unspecified atom stereocenters. The molecule has 1 atom stereocenters. The number of unbranched alkanes of at least 4 members (excludes halogenated alkanes) is 6.